The maximum atomic E-state index is 15.3. The molecule has 4 aromatic carbocycles. The lowest BCUT2D eigenvalue weighted by molar-refractivity contribution is -0.143. The number of nitrogens with one attached hydrogen (secondary N) is 12. The van der Waals surface area contributed by atoms with Gasteiger partial charge in [0.25, 0.3) is 0 Å². The van der Waals surface area contributed by atoms with E-state index in [0.29, 0.717) is 63.3 Å². The number of primary amides is 2. The summed E-state index contributed by atoms with van der Waals surface area (Å²) in [7, 11) is 0. The van der Waals surface area contributed by atoms with Gasteiger partial charge in [0.15, 0.2) is 0 Å². The van der Waals surface area contributed by atoms with E-state index in [4.69, 9.17) is 11.5 Å². The number of H-pyrrole nitrogens is 2. The number of rotatable bonds is 21. The number of nitrogens with zero attached hydrogens (tertiary/aromatic N) is 1. The number of thioether (sulfide) groups is 1. The van der Waals surface area contributed by atoms with Crippen LogP contribution in [0.3, 0.4) is 0 Å². The molecular formula is C79H105N15O15S. The maximum Gasteiger partial charge on any atom is 0.245 e. The van der Waals surface area contributed by atoms with Crippen molar-refractivity contribution in [2.45, 2.75) is 205 Å². The van der Waals surface area contributed by atoms with E-state index < -0.39 is 161 Å². The van der Waals surface area contributed by atoms with Crippen LogP contribution in [0, 0.1) is 17.8 Å². The first-order chi connectivity index (χ1) is 52.5. The first kappa shape index (κ1) is 84.6. The highest BCUT2D eigenvalue weighted by molar-refractivity contribution is 8.00. The fraction of sp³-hybridized carbons (Fsp3) is 0.481. The van der Waals surface area contributed by atoms with Crippen molar-refractivity contribution in [3.63, 3.8) is 0 Å². The fourth-order valence-electron chi connectivity index (χ4n) is 13.6. The molecule has 2 fully saturated rings. The summed E-state index contributed by atoms with van der Waals surface area (Å²) in [6, 6.07) is 10.6. The second-order valence-electron chi connectivity index (χ2n) is 29.4. The van der Waals surface area contributed by atoms with Gasteiger partial charge in [-0.25, -0.2) is 0 Å². The van der Waals surface area contributed by atoms with Gasteiger partial charge in [-0.1, -0.05) is 128 Å². The maximum absolute atomic E-state index is 15.3. The van der Waals surface area contributed by atoms with Crippen molar-refractivity contribution in [1.82, 2.24) is 68.0 Å². The lowest BCUT2D eigenvalue weighted by Gasteiger charge is -2.31. The van der Waals surface area contributed by atoms with Gasteiger partial charge in [0.2, 0.25) is 76.8 Å². The molecule has 30 nitrogen and oxygen atoms in total. The predicted molar refractivity (Wildman–Crippen MR) is 415 cm³/mol. The summed E-state index contributed by atoms with van der Waals surface area (Å²) in [6.45, 7) is 12.6. The molecule has 0 spiro atoms. The summed E-state index contributed by atoms with van der Waals surface area (Å²) < 4.78 is 0. The SMILES string of the molecule is CCCC[C@@H]1NC(=O)[C@H](Cc2ccc(O)cc2)NC(=O)CSC[C@@H](C(N)=O)NC(=O)[C@H](Cc2c[nH]c3ccccc23)NC(=O)[C@H](CC(C)C)NC(=O)[C@H]([C@@H](C)CC)NC(=O)[C@H](CC(C)C)NC(=O)[C@H](Cc2c[nH]c3ccccc23)NC(=O)[C@H](Cc2ccc(O)cc2)NC(=O)[C@@H]2CCCN2C(=O)[C@H](CCC(N)=O)NC1=O. The van der Waals surface area contributed by atoms with Gasteiger partial charge in [-0.15, -0.1) is 11.8 Å². The number of benzene rings is 4. The summed E-state index contributed by atoms with van der Waals surface area (Å²) in [4.78, 5) is 198. The number of hydrogen-bond donors (Lipinski definition) is 16. The van der Waals surface area contributed by atoms with Crippen LogP contribution in [0.25, 0.3) is 21.8 Å². The monoisotopic (exact) mass is 1540 g/mol. The molecule has 592 valence electrons. The zero-order valence-corrected chi connectivity index (χ0v) is 64.0. The summed E-state index contributed by atoms with van der Waals surface area (Å²) in [5, 5.41) is 49.9. The number of nitrogens with two attached hydrogens (primary N) is 2. The molecule has 2 aliphatic rings. The molecular weight excluding hydrogens is 1430 g/mol. The van der Waals surface area contributed by atoms with Gasteiger partial charge in [-0.3, -0.25) is 62.3 Å². The Bertz CT molecular complexity index is 4240. The van der Waals surface area contributed by atoms with Crippen molar-refractivity contribution in [3.05, 3.63) is 132 Å². The molecule has 2 saturated heterocycles. The lowest BCUT2D eigenvalue weighted by atomic mass is 9.95. The Morgan fingerprint density at radius 1 is 0.500 bits per heavy atom. The molecule has 6 aromatic rings. The van der Waals surface area contributed by atoms with Crippen LogP contribution >= 0.6 is 11.8 Å². The number of para-hydroxylation sites is 2. The zero-order valence-electron chi connectivity index (χ0n) is 63.2. The average Bonchev–Trinajstić information content (AvgIpc) is 1.62. The average molecular weight is 1540 g/mol. The number of aromatic amines is 2. The van der Waals surface area contributed by atoms with Crippen LogP contribution in [0.2, 0.25) is 0 Å². The number of amides is 13. The first-order valence-electron chi connectivity index (χ1n) is 37.6. The highest BCUT2D eigenvalue weighted by atomic mass is 32.2. The third-order valence-electron chi connectivity index (χ3n) is 19.8. The highest BCUT2D eigenvalue weighted by Crippen LogP contribution is 2.26. The lowest BCUT2D eigenvalue weighted by Crippen LogP contribution is -2.62. The minimum absolute atomic E-state index is 0.0123. The van der Waals surface area contributed by atoms with Gasteiger partial charge in [0.05, 0.1) is 5.75 Å². The van der Waals surface area contributed by atoms with Crippen molar-refractivity contribution in [2.75, 3.05) is 18.1 Å². The Labute approximate surface area is 643 Å². The van der Waals surface area contributed by atoms with Gasteiger partial charge in [0.1, 0.15) is 78.0 Å². The second-order valence-corrected chi connectivity index (χ2v) is 30.4. The largest absolute Gasteiger partial charge is 0.508 e. The van der Waals surface area contributed by atoms with E-state index in [1.807, 2.05) is 71.0 Å². The number of hydrogen-bond acceptors (Lipinski definition) is 16. The minimum atomic E-state index is -1.52. The molecule has 0 radical (unpaired) electrons. The number of carbonyl (C=O) groups is 13. The number of aromatic nitrogens is 2. The molecule has 13 amide bonds. The smallest absolute Gasteiger partial charge is 0.245 e. The molecule has 4 heterocycles. The van der Waals surface area contributed by atoms with Crippen LogP contribution in [0.1, 0.15) is 135 Å². The van der Waals surface area contributed by atoms with E-state index in [0.717, 1.165) is 11.8 Å². The predicted octanol–water partition coefficient (Wildman–Crippen LogP) is 3.00. The van der Waals surface area contributed by atoms with E-state index in [-0.39, 0.29) is 99.8 Å². The van der Waals surface area contributed by atoms with Crippen molar-refractivity contribution in [2.24, 2.45) is 29.2 Å². The number of unbranched alkanes of at least 4 members (excludes halogenated alkanes) is 1. The third kappa shape index (κ3) is 24.3. The van der Waals surface area contributed by atoms with Gasteiger partial charge < -0.3 is 89.7 Å². The molecule has 0 aliphatic carbocycles. The van der Waals surface area contributed by atoms with Crippen LogP contribution < -0.4 is 64.6 Å². The molecule has 31 heteroatoms. The van der Waals surface area contributed by atoms with E-state index in [2.05, 4.69) is 63.1 Å². The van der Waals surface area contributed by atoms with Crippen LogP contribution in [0.5, 0.6) is 11.5 Å². The normalized spacial score (nSPS) is 23.7. The van der Waals surface area contributed by atoms with E-state index in [1.165, 1.54) is 53.4 Å². The van der Waals surface area contributed by atoms with Gasteiger partial charge in [0, 0.05) is 78.6 Å². The molecule has 2 aliphatic heterocycles. The van der Waals surface area contributed by atoms with Crippen molar-refractivity contribution >= 4 is 110 Å². The topological polar surface area (TPSA) is 470 Å². The molecule has 0 unspecified atom stereocenters. The fourth-order valence-corrected chi connectivity index (χ4v) is 14.4. The second kappa shape index (κ2) is 40.5. The standard InChI is InChI=1S/C79H105N15O15S/c1-8-10-18-56-70(100)86-57(30-31-66(80)97)79(109)94-32-15-21-65(94)77(107)90-61(36-47-24-28-51(96)29-25-47)73(103)89-62(37-48-39-82-54-19-13-11-16-52(48)54)74(104)87-59(34-44(5)6)76(106)93-68(45(7)9-2)78(108)91-58(33-43(3)4)71(101)88-63(38-49-40-83-55-20-14-12-17-53(49)55)75(105)92-64(69(81)99)41-110-42-67(98)84-60(72(102)85-56)35-46-22-26-50(95)27-23-46/h11-14,16-17,19-20,22-29,39-40,43-45,56-65,68,82-83,95-96H,8-10,15,18,21,30-38,41-42H2,1-7H3,(H2,80,97)(H2,81,99)(H,84,98)(H,85,102)(H,86,100)(H,87,104)(H,88,101)(H,89,103)(H,90,107)(H,91,108)(H,92,105)(H,93,106)/t45-,56-,57-,58-,59-,60-,61-,62-,63-,64-,65-,68-/m0/s1. The summed E-state index contributed by atoms with van der Waals surface area (Å²) in [5.41, 5.74) is 15.1. The minimum Gasteiger partial charge on any atom is -0.508 e. The van der Waals surface area contributed by atoms with Crippen molar-refractivity contribution in [3.8, 4) is 11.5 Å². The van der Waals surface area contributed by atoms with Crippen LogP contribution in [0.4, 0.5) is 0 Å². The van der Waals surface area contributed by atoms with Crippen molar-refractivity contribution in [1.29, 1.82) is 0 Å². The summed E-state index contributed by atoms with van der Waals surface area (Å²) in [6.07, 6.45) is 3.48. The van der Waals surface area contributed by atoms with E-state index >= 15 is 24.0 Å². The first-order valence-corrected chi connectivity index (χ1v) is 38.8. The van der Waals surface area contributed by atoms with Crippen LogP contribution in [0.15, 0.2) is 109 Å². The number of fused-ring (bicyclic) bond motifs is 3. The molecule has 18 N–H and O–H groups in total. The summed E-state index contributed by atoms with van der Waals surface area (Å²) in [5.74, 6) is -12.8. The molecule has 0 saturated carbocycles. The Kier molecular flexibility index (Phi) is 31.1. The highest BCUT2D eigenvalue weighted by Gasteiger charge is 2.42. The molecule has 110 heavy (non-hydrogen) atoms. The quantitative estimate of drug-likeness (QED) is 0.0492. The zero-order chi connectivity index (χ0) is 79.9. The Balaban J connectivity index is 1.19. The van der Waals surface area contributed by atoms with E-state index in [1.54, 1.807) is 38.4 Å². The molecule has 2 aromatic heterocycles. The number of phenolic OH excluding ortho intramolecular Hbond substituents is 2. The van der Waals surface area contributed by atoms with E-state index in [9.17, 15) is 48.6 Å². The Hall–Kier alpha value is -11.0. The number of phenols is 2. The molecule has 0 bridgehead atoms. The molecule has 12 atom stereocenters. The number of carbonyl (C=O) groups excluding carboxylic acids is 13. The van der Waals surface area contributed by atoms with Crippen molar-refractivity contribution < 1.29 is 72.5 Å². The molecule has 8 rings (SSSR count). The van der Waals surface area contributed by atoms with Gasteiger partial charge in [-0.05, 0) is 115 Å². The summed E-state index contributed by atoms with van der Waals surface area (Å²) >= 11 is 0.870. The third-order valence-corrected chi connectivity index (χ3v) is 20.8. The van der Waals surface area contributed by atoms with Gasteiger partial charge >= 0.3 is 0 Å². The Morgan fingerprint density at radius 2 is 0.936 bits per heavy atom. The Morgan fingerprint density at radius 3 is 1.44 bits per heavy atom. The number of aromatic hydroxyl groups is 2. The van der Waals surface area contributed by atoms with Gasteiger partial charge in [-0.2, -0.15) is 0 Å². The van der Waals surface area contributed by atoms with Crippen LogP contribution in [-0.2, 0) is 88.0 Å². The van der Waals surface area contributed by atoms with Crippen LogP contribution in [-0.4, -0.2) is 186 Å².